The number of nitrogens with one attached hydrogen (secondary N) is 2. The van der Waals surface area contributed by atoms with Crippen LogP contribution in [0.3, 0.4) is 0 Å². The number of H-pyrrole nitrogens is 1. The standard InChI is InChI=1S/C10H12BrN3/c11-6-12-4-3-8-1-2-9-10(5-8)14-7-13-9/h1-2,5,7,12H,3-4,6H2,(H,13,14). The number of hydrogen-bond donors (Lipinski definition) is 2. The van der Waals surface area contributed by atoms with E-state index in [0.29, 0.717) is 0 Å². The van der Waals surface area contributed by atoms with Gasteiger partial charge < -0.3 is 10.3 Å². The van der Waals surface area contributed by atoms with Crippen molar-refractivity contribution in [3.8, 4) is 0 Å². The van der Waals surface area contributed by atoms with Crippen LogP contribution in [0.5, 0.6) is 0 Å². The summed E-state index contributed by atoms with van der Waals surface area (Å²) in [4.78, 5) is 7.29. The van der Waals surface area contributed by atoms with Gasteiger partial charge in [-0.1, -0.05) is 22.0 Å². The lowest BCUT2D eigenvalue weighted by Gasteiger charge is -2.01. The monoisotopic (exact) mass is 253 g/mol. The Balaban J connectivity index is 2.10. The molecule has 2 aromatic rings. The van der Waals surface area contributed by atoms with Crippen LogP contribution in [-0.2, 0) is 6.42 Å². The summed E-state index contributed by atoms with van der Waals surface area (Å²) in [6.45, 7) is 0.991. The van der Waals surface area contributed by atoms with Crippen LogP contribution in [0.2, 0.25) is 0 Å². The zero-order valence-corrected chi connectivity index (χ0v) is 9.34. The third-order valence-electron chi connectivity index (χ3n) is 2.17. The Morgan fingerprint density at radius 3 is 3.21 bits per heavy atom. The number of imidazole rings is 1. The predicted octanol–water partition coefficient (Wildman–Crippen LogP) is 2.05. The summed E-state index contributed by atoms with van der Waals surface area (Å²) in [5.74, 6) is 0. The van der Waals surface area contributed by atoms with E-state index in [0.717, 1.165) is 29.5 Å². The van der Waals surface area contributed by atoms with E-state index in [2.05, 4.69) is 49.4 Å². The molecule has 14 heavy (non-hydrogen) atoms. The number of alkyl halides is 1. The molecular formula is C10H12BrN3. The minimum atomic E-state index is 0.847. The van der Waals surface area contributed by atoms with Crippen molar-refractivity contribution in [2.75, 3.05) is 12.0 Å². The fraction of sp³-hybridized carbons (Fsp3) is 0.300. The van der Waals surface area contributed by atoms with Gasteiger partial charge in [0.15, 0.2) is 0 Å². The molecule has 0 spiro atoms. The molecule has 0 aliphatic carbocycles. The minimum absolute atomic E-state index is 0.847. The first-order chi connectivity index (χ1) is 6.90. The molecule has 1 aromatic carbocycles. The van der Waals surface area contributed by atoms with Crippen molar-refractivity contribution in [2.24, 2.45) is 0 Å². The van der Waals surface area contributed by atoms with E-state index in [9.17, 15) is 0 Å². The van der Waals surface area contributed by atoms with Gasteiger partial charge in [-0.3, -0.25) is 0 Å². The van der Waals surface area contributed by atoms with Gasteiger partial charge in [-0.25, -0.2) is 4.98 Å². The second kappa shape index (κ2) is 4.57. The van der Waals surface area contributed by atoms with Gasteiger partial charge in [-0.15, -0.1) is 0 Å². The van der Waals surface area contributed by atoms with Crippen LogP contribution in [-0.4, -0.2) is 22.0 Å². The van der Waals surface area contributed by atoms with Crippen molar-refractivity contribution >= 4 is 27.0 Å². The molecule has 74 valence electrons. The van der Waals surface area contributed by atoms with E-state index < -0.39 is 0 Å². The van der Waals surface area contributed by atoms with Crippen LogP contribution >= 0.6 is 15.9 Å². The second-order valence-corrected chi connectivity index (χ2v) is 3.70. The molecule has 2 rings (SSSR count). The van der Waals surface area contributed by atoms with Crippen LogP contribution in [0, 0.1) is 0 Å². The summed E-state index contributed by atoms with van der Waals surface area (Å²) < 4.78 is 0. The SMILES string of the molecule is BrCNCCc1ccc2nc[nH]c2c1. The molecule has 0 saturated carbocycles. The lowest BCUT2D eigenvalue weighted by molar-refractivity contribution is 0.779. The van der Waals surface area contributed by atoms with E-state index in [-0.39, 0.29) is 0 Å². The first kappa shape index (κ1) is 9.68. The molecule has 2 N–H and O–H groups in total. The molecule has 4 heteroatoms. The van der Waals surface area contributed by atoms with Gasteiger partial charge in [-0.05, 0) is 30.7 Å². The maximum Gasteiger partial charge on any atom is 0.0931 e. The highest BCUT2D eigenvalue weighted by Crippen LogP contribution is 2.11. The van der Waals surface area contributed by atoms with E-state index in [1.54, 1.807) is 6.33 Å². The number of fused-ring (bicyclic) bond motifs is 1. The number of halogens is 1. The predicted molar refractivity (Wildman–Crippen MR) is 61.6 cm³/mol. The maximum absolute atomic E-state index is 4.18. The van der Waals surface area contributed by atoms with Gasteiger partial charge in [0.1, 0.15) is 0 Å². The lowest BCUT2D eigenvalue weighted by Crippen LogP contribution is -2.14. The third-order valence-corrected chi connectivity index (χ3v) is 2.57. The van der Waals surface area contributed by atoms with Crippen molar-refractivity contribution in [1.82, 2.24) is 15.3 Å². The number of hydrogen-bond acceptors (Lipinski definition) is 2. The zero-order chi connectivity index (χ0) is 9.80. The van der Waals surface area contributed by atoms with Gasteiger partial charge in [0.05, 0.1) is 22.8 Å². The minimum Gasteiger partial charge on any atom is -0.345 e. The Morgan fingerprint density at radius 1 is 1.43 bits per heavy atom. The van der Waals surface area contributed by atoms with Crippen LogP contribution in [0.1, 0.15) is 5.56 Å². The number of aromatic nitrogens is 2. The average molecular weight is 254 g/mol. The van der Waals surface area contributed by atoms with Crippen molar-refractivity contribution in [3.63, 3.8) is 0 Å². The van der Waals surface area contributed by atoms with E-state index in [1.165, 1.54) is 5.56 Å². The topological polar surface area (TPSA) is 40.7 Å². The molecule has 0 aliphatic rings. The highest BCUT2D eigenvalue weighted by atomic mass is 79.9. The summed E-state index contributed by atoms with van der Waals surface area (Å²) in [5, 5.41) is 3.23. The summed E-state index contributed by atoms with van der Waals surface area (Å²) in [5.41, 5.74) is 4.32. The van der Waals surface area contributed by atoms with Gasteiger partial charge >= 0.3 is 0 Å². The number of rotatable bonds is 4. The average Bonchev–Trinajstić information content (AvgIpc) is 2.65. The van der Waals surface area contributed by atoms with Crippen LogP contribution in [0.25, 0.3) is 11.0 Å². The molecule has 0 bridgehead atoms. The first-order valence-electron chi connectivity index (χ1n) is 4.59. The quantitative estimate of drug-likeness (QED) is 0.498. The molecule has 0 amide bonds. The number of aromatic amines is 1. The lowest BCUT2D eigenvalue weighted by atomic mass is 10.1. The van der Waals surface area contributed by atoms with Gasteiger partial charge in [0.2, 0.25) is 0 Å². The Labute approximate surface area is 91.1 Å². The highest BCUT2D eigenvalue weighted by molar-refractivity contribution is 9.09. The van der Waals surface area contributed by atoms with Gasteiger partial charge in [0, 0.05) is 0 Å². The fourth-order valence-corrected chi connectivity index (χ4v) is 1.72. The summed E-state index contributed by atoms with van der Waals surface area (Å²) in [6.07, 6.45) is 2.77. The van der Waals surface area contributed by atoms with Crippen molar-refractivity contribution in [2.45, 2.75) is 6.42 Å². The Hall–Kier alpha value is -0.870. The third kappa shape index (κ3) is 2.13. The van der Waals surface area contributed by atoms with Crippen molar-refractivity contribution < 1.29 is 0 Å². The largest absolute Gasteiger partial charge is 0.345 e. The highest BCUT2D eigenvalue weighted by Gasteiger charge is 1.97. The smallest absolute Gasteiger partial charge is 0.0931 e. The molecule has 0 unspecified atom stereocenters. The normalized spacial score (nSPS) is 10.9. The summed E-state index contributed by atoms with van der Waals surface area (Å²) in [7, 11) is 0. The molecule has 0 fully saturated rings. The first-order valence-corrected chi connectivity index (χ1v) is 5.71. The number of nitrogens with zero attached hydrogens (tertiary/aromatic N) is 1. The molecule has 1 heterocycles. The van der Waals surface area contributed by atoms with Crippen molar-refractivity contribution in [3.05, 3.63) is 30.1 Å². The van der Waals surface area contributed by atoms with E-state index >= 15 is 0 Å². The molecule has 0 radical (unpaired) electrons. The molecule has 0 saturated heterocycles. The van der Waals surface area contributed by atoms with Gasteiger partial charge in [-0.2, -0.15) is 0 Å². The Bertz CT molecular complexity index is 410. The molecule has 0 aliphatic heterocycles. The molecule has 1 aromatic heterocycles. The second-order valence-electron chi connectivity index (χ2n) is 3.14. The van der Waals surface area contributed by atoms with E-state index in [1.807, 2.05) is 0 Å². The molecule has 0 atom stereocenters. The van der Waals surface area contributed by atoms with Crippen LogP contribution in [0.4, 0.5) is 0 Å². The van der Waals surface area contributed by atoms with Gasteiger partial charge in [0.25, 0.3) is 0 Å². The molecule has 3 nitrogen and oxygen atoms in total. The van der Waals surface area contributed by atoms with Crippen LogP contribution < -0.4 is 5.32 Å². The number of benzene rings is 1. The molecular weight excluding hydrogens is 242 g/mol. The summed E-state index contributed by atoms with van der Waals surface area (Å²) >= 11 is 3.33. The van der Waals surface area contributed by atoms with Crippen LogP contribution in [0.15, 0.2) is 24.5 Å². The fourth-order valence-electron chi connectivity index (χ4n) is 1.44. The Kier molecular flexibility index (Phi) is 3.16. The zero-order valence-electron chi connectivity index (χ0n) is 7.76. The Morgan fingerprint density at radius 2 is 2.36 bits per heavy atom. The maximum atomic E-state index is 4.18. The van der Waals surface area contributed by atoms with Crippen molar-refractivity contribution in [1.29, 1.82) is 0 Å². The summed E-state index contributed by atoms with van der Waals surface area (Å²) in [6, 6.07) is 6.33. The van der Waals surface area contributed by atoms with E-state index in [4.69, 9.17) is 0 Å².